The van der Waals surface area contributed by atoms with E-state index < -0.39 is 12.0 Å². The topological polar surface area (TPSA) is 73.8 Å². The van der Waals surface area contributed by atoms with E-state index in [1.165, 1.54) is 11.3 Å². The maximum Gasteiger partial charge on any atom is 0.453 e. The van der Waals surface area contributed by atoms with Crippen LogP contribution in [0.1, 0.15) is 17.0 Å². The Morgan fingerprint density at radius 2 is 1.85 bits per heavy atom. The van der Waals surface area contributed by atoms with E-state index in [-0.39, 0.29) is 5.65 Å². The quantitative estimate of drug-likeness (QED) is 0.511. The molecule has 0 aliphatic heterocycles. The Balaban J connectivity index is 1.80. The molecule has 4 aromatic heterocycles. The predicted octanol–water partition coefficient (Wildman–Crippen LogP) is 3.77. The molecular weight excluding hydrogens is 399 g/mol. The number of aryl methyl sites for hydroxylation is 1. The maximum absolute atomic E-state index is 13.2. The number of halogens is 3. The average Bonchev–Trinajstić information content (AvgIpc) is 3.32. The number of nitrogens with zero attached hydrogens (tertiary/aromatic N) is 7. The van der Waals surface area contributed by atoms with Crippen LogP contribution in [0.15, 0.2) is 27.7 Å². The molecule has 0 spiro atoms. The zero-order valence-electron chi connectivity index (χ0n) is 14.3. The van der Waals surface area contributed by atoms with Gasteiger partial charge in [-0.1, -0.05) is 6.07 Å². The second-order valence-corrected chi connectivity index (χ2v) is 7.66. The molecule has 0 aromatic carbocycles. The van der Waals surface area contributed by atoms with E-state index in [4.69, 9.17) is 0 Å². The Labute approximate surface area is 159 Å². The van der Waals surface area contributed by atoms with Crippen LogP contribution in [0, 0.1) is 13.8 Å². The highest BCUT2D eigenvalue weighted by Crippen LogP contribution is 2.34. The SMILES string of the molecule is Cc1c(Sc2nnc(-c3cccs3)n2C)nn2c(C(F)(F)F)nnc2c1C. The number of hydrogen-bond donors (Lipinski definition) is 0. The Kier molecular flexibility index (Phi) is 4.18. The third kappa shape index (κ3) is 2.98. The van der Waals surface area contributed by atoms with Crippen LogP contribution in [-0.2, 0) is 13.2 Å². The largest absolute Gasteiger partial charge is 0.453 e. The van der Waals surface area contributed by atoms with E-state index >= 15 is 0 Å². The first-order valence-electron chi connectivity index (χ1n) is 7.68. The maximum atomic E-state index is 13.2. The van der Waals surface area contributed by atoms with Gasteiger partial charge in [-0.2, -0.15) is 22.8 Å². The van der Waals surface area contributed by atoms with Crippen molar-refractivity contribution in [3.8, 4) is 10.7 Å². The minimum Gasteiger partial charge on any atom is -0.304 e. The molecule has 0 unspecified atom stereocenters. The van der Waals surface area contributed by atoms with Crippen molar-refractivity contribution < 1.29 is 13.2 Å². The number of hydrogen-bond acceptors (Lipinski definition) is 7. The molecule has 0 amide bonds. The van der Waals surface area contributed by atoms with Gasteiger partial charge in [-0.3, -0.25) is 0 Å². The van der Waals surface area contributed by atoms with Gasteiger partial charge in [0.05, 0.1) is 4.88 Å². The predicted molar refractivity (Wildman–Crippen MR) is 93.7 cm³/mol. The lowest BCUT2D eigenvalue weighted by Gasteiger charge is -2.10. The molecule has 0 bridgehead atoms. The molecule has 0 saturated carbocycles. The molecule has 0 atom stereocenters. The van der Waals surface area contributed by atoms with Gasteiger partial charge in [-0.05, 0) is 42.6 Å². The van der Waals surface area contributed by atoms with Crippen molar-refractivity contribution in [1.82, 2.24) is 34.6 Å². The van der Waals surface area contributed by atoms with Crippen LogP contribution >= 0.6 is 23.1 Å². The van der Waals surface area contributed by atoms with E-state index in [1.54, 1.807) is 25.5 Å². The molecule has 12 heteroatoms. The van der Waals surface area contributed by atoms with E-state index in [0.717, 1.165) is 21.2 Å². The summed E-state index contributed by atoms with van der Waals surface area (Å²) in [6.07, 6.45) is -4.65. The molecule has 4 aromatic rings. The molecule has 7 nitrogen and oxygen atoms in total. The van der Waals surface area contributed by atoms with Gasteiger partial charge < -0.3 is 4.57 Å². The van der Waals surface area contributed by atoms with Crippen molar-refractivity contribution in [2.75, 3.05) is 0 Å². The highest BCUT2D eigenvalue weighted by Gasteiger charge is 2.38. The second kappa shape index (κ2) is 6.30. The van der Waals surface area contributed by atoms with E-state index in [0.29, 0.717) is 27.1 Å². The smallest absolute Gasteiger partial charge is 0.304 e. The van der Waals surface area contributed by atoms with Crippen LogP contribution in [0.25, 0.3) is 16.3 Å². The summed E-state index contributed by atoms with van der Waals surface area (Å²) in [5.41, 5.74) is 1.38. The van der Waals surface area contributed by atoms with Crippen LogP contribution in [0.5, 0.6) is 0 Å². The summed E-state index contributed by atoms with van der Waals surface area (Å²) in [6.45, 7) is 3.47. The highest BCUT2D eigenvalue weighted by atomic mass is 32.2. The first-order chi connectivity index (χ1) is 12.8. The fourth-order valence-corrected chi connectivity index (χ4v) is 4.14. The molecule has 27 heavy (non-hydrogen) atoms. The molecule has 0 fully saturated rings. The zero-order chi connectivity index (χ0) is 19.3. The molecule has 0 aliphatic rings. The van der Waals surface area contributed by atoms with Gasteiger partial charge in [-0.25, -0.2) is 0 Å². The van der Waals surface area contributed by atoms with Crippen molar-refractivity contribution in [1.29, 1.82) is 0 Å². The van der Waals surface area contributed by atoms with Crippen LogP contribution in [-0.4, -0.2) is 34.6 Å². The Morgan fingerprint density at radius 3 is 2.52 bits per heavy atom. The Bertz CT molecular complexity index is 1130. The average molecular weight is 411 g/mol. The first-order valence-corrected chi connectivity index (χ1v) is 9.38. The van der Waals surface area contributed by atoms with Gasteiger partial charge in [-0.15, -0.1) is 31.7 Å². The van der Waals surface area contributed by atoms with Gasteiger partial charge >= 0.3 is 6.18 Å². The number of aromatic nitrogens is 7. The molecule has 0 N–H and O–H groups in total. The van der Waals surface area contributed by atoms with Crippen LogP contribution in [0.2, 0.25) is 0 Å². The van der Waals surface area contributed by atoms with E-state index in [9.17, 15) is 13.2 Å². The molecule has 140 valence electrons. The second-order valence-electron chi connectivity index (χ2n) is 5.76. The summed E-state index contributed by atoms with van der Waals surface area (Å²) in [7, 11) is 1.80. The third-order valence-electron chi connectivity index (χ3n) is 4.07. The van der Waals surface area contributed by atoms with Crippen LogP contribution in [0.3, 0.4) is 0 Å². The van der Waals surface area contributed by atoms with Gasteiger partial charge in [0.1, 0.15) is 5.03 Å². The number of alkyl halides is 3. The molecule has 4 heterocycles. The van der Waals surface area contributed by atoms with Gasteiger partial charge in [0, 0.05) is 12.6 Å². The van der Waals surface area contributed by atoms with Gasteiger partial charge in [0.2, 0.25) is 0 Å². The Hall–Kier alpha value is -2.47. The Morgan fingerprint density at radius 1 is 1.07 bits per heavy atom. The van der Waals surface area contributed by atoms with Crippen molar-refractivity contribution in [3.63, 3.8) is 0 Å². The van der Waals surface area contributed by atoms with Crippen molar-refractivity contribution in [2.45, 2.75) is 30.2 Å². The minimum atomic E-state index is -4.65. The van der Waals surface area contributed by atoms with Crippen molar-refractivity contribution in [2.24, 2.45) is 7.05 Å². The van der Waals surface area contributed by atoms with E-state index in [1.807, 2.05) is 17.5 Å². The van der Waals surface area contributed by atoms with E-state index in [2.05, 4.69) is 25.5 Å². The van der Waals surface area contributed by atoms with Crippen LogP contribution < -0.4 is 0 Å². The number of rotatable bonds is 3. The fourth-order valence-electron chi connectivity index (χ4n) is 2.49. The van der Waals surface area contributed by atoms with Crippen molar-refractivity contribution in [3.05, 3.63) is 34.5 Å². The van der Waals surface area contributed by atoms with Gasteiger partial charge in [0.25, 0.3) is 5.82 Å². The molecular formula is C15H12F3N7S2. The summed E-state index contributed by atoms with van der Waals surface area (Å²) < 4.78 is 42.0. The summed E-state index contributed by atoms with van der Waals surface area (Å²) in [4.78, 5) is 0.950. The summed E-state index contributed by atoms with van der Waals surface area (Å²) in [6, 6.07) is 3.84. The monoisotopic (exact) mass is 411 g/mol. The lowest BCUT2D eigenvalue weighted by Crippen LogP contribution is -2.13. The molecule has 4 rings (SSSR count). The first kappa shape index (κ1) is 17.9. The lowest BCUT2D eigenvalue weighted by atomic mass is 10.2. The number of fused-ring (bicyclic) bond motifs is 1. The fraction of sp³-hybridized carbons (Fsp3) is 0.267. The molecule has 0 aliphatic carbocycles. The standard InChI is InChI=1S/C15H12F3N7S2/c1-7-8(2)12(23-25-10(7)19-21-13(25)15(16,17)18)27-14-22-20-11(24(14)3)9-5-4-6-26-9/h4-6H,1-3H3. The summed E-state index contributed by atoms with van der Waals surface area (Å²) in [5.74, 6) is -0.470. The summed E-state index contributed by atoms with van der Waals surface area (Å²) >= 11 is 2.68. The lowest BCUT2D eigenvalue weighted by molar-refractivity contribution is -0.146. The highest BCUT2D eigenvalue weighted by molar-refractivity contribution is 7.99. The van der Waals surface area contributed by atoms with Crippen LogP contribution in [0.4, 0.5) is 13.2 Å². The normalized spacial score (nSPS) is 12.2. The number of thiophene rings is 1. The van der Waals surface area contributed by atoms with Gasteiger partial charge in [0.15, 0.2) is 16.6 Å². The summed E-state index contributed by atoms with van der Waals surface area (Å²) in [5, 5.41) is 22.2. The minimum absolute atomic E-state index is 0.0846. The van der Waals surface area contributed by atoms with Crippen molar-refractivity contribution >= 4 is 28.7 Å². The third-order valence-corrected chi connectivity index (χ3v) is 6.05. The molecule has 0 saturated heterocycles. The molecule has 0 radical (unpaired) electrons. The zero-order valence-corrected chi connectivity index (χ0v) is 15.9.